The third-order valence-electron chi connectivity index (χ3n) is 3.58. The Hall–Kier alpha value is -1.39. The third kappa shape index (κ3) is 4.13. The van der Waals surface area contributed by atoms with Gasteiger partial charge in [0.25, 0.3) is 0 Å². The van der Waals surface area contributed by atoms with Crippen molar-refractivity contribution < 1.29 is 9.59 Å². The van der Waals surface area contributed by atoms with Gasteiger partial charge in [-0.3, -0.25) is 4.79 Å². The van der Waals surface area contributed by atoms with Crippen LogP contribution in [-0.2, 0) is 4.79 Å². The van der Waals surface area contributed by atoms with Gasteiger partial charge in [0.05, 0.1) is 0 Å². The molecular weight excluding hydrogens is 230 g/mol. The van der Waals surface area contributed by atoms with E-state index in [1.54, 1.807) is 0 Å². The van der Waals surface area contributed by atoms with Crippen molar-refractivity contribution in [3.05, 3.63) is 0 Å². The monoisotopic (exact) mass is 251 g/mol. The number of hydrazone groups is 1. The number of rotatable bonds is 2. The molecule has 2 amide bonds. The maximum Gasteiger partial charge on any atom is 0.335 e. The molecule has 5 nitrogen and oxygen atoms in total. The van der Waals surface area contributed by atoms with Gasteiger partial charge < -0.3 is 5.32 Å². The summed E-state index contributed by atoms with van der Waals surface area (Å²) in [7, 11) is 0. The zero-order valence-electron chi connectivity index (χ0n) is 10.7. The zero-order valence-corrected chi connectivity index (χ0v) is 10.7. The lowest BCUT2D eigenvalue weighted by Gasteiger charge is -2.22. The minimum atomic E-state index is -0.243. The average molecular weight is 251 g/mol. The highest BCUT2D eigenvalue weighted by atomic mass is 16.2. The van der Waals surface area contributed by atoms with Crippen LogP contribution in [-0.4, -0.2) is 23.6 Å². The van der Waals surface area contributed by atoms with Crippen molar-refractivity contribution >= 4 is 17.5 Å². The molecule has 0 aromatic rings. The Morgan fingerprint density at radius 3 is 2.61 bits per heavy atom. The van der Waals surface area contributed by atoms with Crippen LogP contribution in [0.25, 0.3) is 0 Å². The van der Waals surface area contributed by atoms with Crippen molar-refractivity contribution in [2.75, 3.05) is 0 Å². The van der Waals surface area contributed by atoms with Crippen LogP contribution in [0.2, 0.25) is 0 Å². The van der Waals surface area contributed by atoms with Gasteiger partial charge in [-0.15, -0.1) is 0 Å². The fourth-order valence-electron chi connectivity index (χ4n) is 2.58. The molecule has 0 saturated heterocycles. The molecule has 0 bridgehead atoms. The van der Waals surface area contributed by atoms with E-state index >= 15 is 0 Å². The highest BCUT2D eigenvalue weighted by Gasteiger charge is 2.17. The third-order valence-corrected chi connectivity index (χ3v) is 3.58. The number of nitrogens with one attached hydrogen (secondary N) is 2. The highest BCUT2D eigenvalue weighted by Crippen LogP contribution is 2.17. The van der Waals surface area contributed by atoms with Crippen LogP contribution in [0, 0.1) is 0 Å². The van der Waals surface area contributed by atoms with E-state index < -0.39 is 0 Å². The second kappa shape index (κ2) is 6.52. The molecule has 2 saturated carbocycles. The molecular formula is C13H21N3O2. The normalized spacial score (nSPS) is 24.0. The smallest absolute Gasteiger partial charge is 0.334 e. The number of ketones is 1. The van der Waals surface area contributed by atoms with Crippen LogP contribution in [0.5, 0.6) is 0 Å². The lowest BCUT2D eigenvalue weighted by molar-refractivity contribution is -0.118. The van der Waals surface area contributed by atoms with E-state index in [1.807, 2.05) is 0 Å². The Kier molecular flexibility index (Phi) is 4.73. The lowest BCUT2D eigenvalue weighted by Crippen LogP contribution is -2.41. The predicted octanol–water partition coefficient (Wildman–Crippen LogP) is 2.12. The van der Waals surface area contributed by atoms with Crippen LogP contribution >= 0.6 is 0 Å². The first kappa shape index (κ1) is 13.1. The van der Waals surface area contributed by atoms with Crippen molar-refractivity contribution in [3.8, 4) is 0 Å². The van der Waals surface area contributed by atoms with Gasteiger partial charge in [0.2, 0.25) is 0 Å². The van der Waals surface area contributed by atoms with Crippen molar-refractivity contribution in [1.82, 2.24) is 10.7 Å². The average Bonchev–Trinajstić information content (AvgIpc) is 2.38. The van der Waals surface area contributed by atoms with E-state index in [1.165, 1.54) is 19.3 Å². The quantitative estimate of drug-likeness (QED) is 0.738. The van der Waals surface area contributed by atoms with Crippen LogP contribution < -0.4 is 10.7 Å². The van der Waals surface area contributed by atoms with Gasteiger partial charge in [0, 0.05) is 24.6 Å². The number of amides is 2. The fraction of sp³-hybridized carbons (Fsp3) is 0.769. The second-order valence-corrected chi connectivity index (χ2v) is 5.17. The summed E-state index contributed by atoms with van der Waals surface area (Å²) in [5.41, 5.74) is 3.30. The molecule has 0 heterocycles. The van der Waals surface area contributed by atoms with Crippen LogP contribution in [0.3, 0.4) is 0 Å². The number of urea groups is 1. The Morgan fingerprint density at radius 1 is 1.11 bits per heavy atom. The minimum absolute atomic E-state index is 0.217. The summed E-state index contributed by atoms with van der Waals surface area (Å²) >= 11 is 0. The summed E-state index contributed by atoms with van der Waals surface area (Å²) in [6.07, 6.45) is 8.47. The molecule has 0 aliphatic heterocycles. The molecule has 0 unspecified atom stereocenters. The first-order valence-electron chi connectivity index (χ1n) is 6.87. The molecule has 2 aliphatic carbocycles. The molecule has 100 valence electrons. The Labute approximate surface area is 107 Å². The van der Waals surface area contributed by atoms with Gasteiger partial charge in [0.15, 0.2) is 0 Å². The van der Waals surface area contributed by atoms with Crippen molar-refractivity contribution in [3.63, 3.8) is 0 Å². The molecule has 2 rings (SSSR count). The molecule has 0 spiro atoms. The first-order valence-corrected chi connectivity index (χ1v) is 6.87. The molecule has 2 N–H and O–H groups in total. The van der Waals surface area contributed by atoms with Gasteiger partial charge in [-0.1, -0.05) is 19.3 Å². The fourth-order valence-corrected chi connectivity index (χ4v) is 2.58. The highest BCUT2D eigenvalue weighted by molar-refractivity contribution is 6.04. The molecule has 0 aromatic heterocycles. The summed E-state index contributed by atoms with van der Waals surface area (Å²) in [4.78, 5) is 22.8. The topological polar surface area (TPSA) is 70.6 Å². The summed E-state index contributed by atoms with van der Waals surface area (Å²) < 4.78 is 0. The number of nitrogens with zero attached hydrogens (tertiary/aromatic N) is 1. The predicted molar refractivity (Wildman–Crippen MR) is 69.5 cm³/mol. The van der Waals surface area contributed by atoms with E-state index in [9.17, 15) is 9.59 Å². The Balaban J connectivity index is 1.73. The minimum Gasteiger partial charge on any atom is -0.334 e. The molecule has 2 aliphatic rings. The number of Topliss-reactive ketones (excluding diaryl/α,β-unsaturated/α-hetero) is 1. The van der Waals surface area contributed by atoms with Gasteiger partial charge in [0.1, 0.15) is 5.78 Å². The van der Waals surface area contributed by atoms with Gasteiger partial charge in [-0.05, 0) is 25.7 Å². The number of hydrogen-bond donors (Lipinski definition) is 2. The zero-order chi connectivity index (χ0) is 12.8. The van der Waals surface area contributed by atoms with Gasteiger partial charge in [-0.25, -0.2) is 10.2 Å². The van der Waals surface area contributed by atoms with Gasteiger partial charge >= 0.3 is 6.03 Å². The van der Waals surface area contributed by atoms with E-state index in [2.05, 4.69) is 15.8 Å². The van der Waals surface area contributed by atoms with E-state index in [4.69, 9.17) is 0 Å². The second-order valence-electron chi connectivity index (χ2n) is 5.17. The van der Waals surface area contributed by atoms with Crippen molar-refractivity contribution in [2.24, 2.45) is 5.10 Å². The maximum atomic E-state index is 11.6. The van der Waals surface area contributed by atoms with E-state index in [-0.39, 0.29) is 17.9 Å². The standard InChI is InChI=1S/C13H21N3O2/c17-12-8-4-7-11(9-12)15-16-13(18)14-10-5-2-1-3-6-10/h10H,1-9H2,(H2,14,16,18)/b15-11-. The Morgan fingerprint density at radius 2 is 1.89 bits per heavy atom. The summed E-state index contributed by atoms with van der Waals surface area (Å²) in [6.45, 7) is 0. The summed E-state index contributed by atoms with van der Waals surface area (Å²) in [5.74, 6) is 0.217. The number of carbonyl (C=O) groups is 2. The van der Waals surface area contributed by atoms with Crippen molar-refractivity contribution in [2.45, 2.75) is 63.8 Å². The first-order chi connectivity index (χ1) is 8.74. The molecule has 18 heavy (non-hydrogen) atoms. The van der Waals surface area contributed by atoms with Crippen LogP contribution in [0.1, 0.15) is 57.8 Å². The Bertz CT molecular complexity index is 346. The molecule has 0 atom stereocenters. The SMILES string of the molecule is O=C1CCC/C(=N/NC(=O)NC2CCCCC2)C1. The molecule has 0 aromatic carbocycles. The molecule has 2 fully saturated rings. The number of carbonyl (C=O) groups excluding carboxylic acids is 2. The van der Waals surface area contributed by atoms with E-state index in [0.29, 0.717) is 12.8 Å². The van der Waals surface area contributed by atoms with Crippen LogP contribution in [0.15, 0.2) is 5.10 Å². The molecule has 5 heteroatoms. The summed E-state index contributed by atoms with van der Waals surface area (Å²) in [6, 6.07) is 0.0411. The maximum absolute atomic E-state index is 11.6. The number of hydrogen-bond acceptors (Lipinski definition) is 3. The summed E-state index contributed by atoms with van der Waals surface area (Å²) in [5, 5.41) is 6.96. The largest absolute Gasteiger partial charge is 0.335 e. The molecule has 0 radical (unpaired) electrons. The van der Waals surface area contributed by atoms with E-state index in [0.717, 1.165) is 31.4 Å². The lowest BCUT2D eigenvalue weighted by atomic mass is 9.96. The van der Waals surface area contributed by atoms with Crippen molar-refractivity contribution in [1.29, 1.82) is 0 Å². The van der Waals surface area contributed by atoms with Crippen LogP contribution in [0.4, 0.5) is 4.79 Å². The van der Waals surface area contributed by atoms with Gasteiger partial charge in [-0.2, -0.15) is 5.10 Å².